The number of halogens is 1. The van der Waals surface area contributed by atoms with Crippen LogP contribution in [0.1, 0.15) is 37.0 Å². The maximum absolute atomic E-state index is 13.2. The molecular weight excluding hydrogens is 423 g/mol. The highest BCUT2D eigenvalue weighted by molar-refractivity contribution is 5.95. The Morgan fingerprint density at radius 3 is 2.45 bits per heavy atom. The summed E-state index contributed by atoms with van der Waals surface area (Å²) in [6.45, 7) is 6.41. The summed E-state index contributed by atoms with van der Waals surface area (Å²) in [4.78, 5) is 15.0. The van der Waals surface area contributed by atoms with Gasteiger partial charge in [-0.2, -0.15) is 5.10 Å². The second-order valence-electron chi connectivity index (χ2n) is 7.91. The average molecular weight is 453 g/mol. The van der Waals surface area contributed by atoms with Crippen molar-refractivity contribution in [3.05, 3.63) is 59.9 Å². The summed E-state index contributed by atoms with van der Waals surface area (Å²) < 4.78 is 24.4. The van der Waals surface area contributed by atoms with E-state index in [1.807, 2.05) is 19.9 Å². The normalized spacial score (nSPS) is 14.2. The summed E-state index contributed by atoms with van der Waals surface area (Å²) in [6, 6.07) is 13.7. The number of rotatable bonds is 8. The molecule has 1 aliphatic rings. The number of aromatic amines is 1. The molecule has 0 bridgehead atoms. The van der Waals surface area contributed by atoms with Crippen molar-refractivity contribution in [2.75, 3.05) is 31.2 Å². The van der Waals surface area contributed by atoms with Crippen LogP contribution in [0.3, 0.4) is 0 Å². The number of aromatic nitrogens is 2. The first-order valence-corrected chi connectivity index (χ1v) is 11.3. The minimum Gasteiger partial charge on any atom is -0.490 e. The van der Waals surface area contributed by atoms with E-state index in [1.165, 1.54) is 12.1 Å². The van der Waals surface area contributed by atoms with Crippen molar-refractivity contribution < 1.29 is 18.7 Å². The molecule has 33 heavy (non-hydrogen) atoms. The van der Waals surface area contributed by atoms with E-state index in [0.29, 0.717) is 30.3 Å². The molecule has 2 N–H and O–H groups in total. The number of carbonyl (C=O) groups is 1. The lowest BCUT2D eigenvalue weighted by atomic mass is 10.0. The van der Waals surface area contributed by atoms with Gasteiger partial charge in [-0.15, -0.1) is 0 Å². The molecule has 2 aromatic carbocycles. The van der Waals surface area contributed by atoms with Crippen molar-refractivity contribution in [1.29, 1.82) is 0 Å². The number of H-pyrrole nitrogens is 1. The Morgan fingerprint density at radius 1 is 1.06 bits per heavy atom. The Morgan fingerprint density at radius 2 is 1.76 bits per heavy atom. The molecule has 1 amide bonds. The molecule has 0 saturated carbocycles. The van der Waals surface area contributed by atoms with Gasteiger partial charge in [0, 0.05) is 30.8 Å². The van der Waals surface area contributed by atoms with Gasteiger partial charge in [-0.1, -0.05) is 0 Å². The standard InChI is InChI=1S/C25H29FN4O3/c1-3-32-22-10-7-18(15-23(22)33-4-2)25(31)27-20-11-13-30(14-12-20)24-16-21(28-29-24)17-5-8-19(26)9-6-17/h5-10,15-16,20H,3-4,11-14H2,1-2H3,(H,27,31)(H,28,29). The highest BCUT2D eigenvalue weighted by Crippen LogP contribution is 2.29. The molecule has 0 unspecified atom stereocenters. The maximum atomic E-state index is 13.2. The molecule has 174 valence electrons. The van der Waals surface area contributed by atoms with Crippen LogP contribution in [0.25, 0.3) is 11.3 Å². The summed E-state index contributed by atoms with van der Waals surface area (Å²) in [6.07, 6.45) is 1.64. The molecular formula is C25H29FN4O3. The molecule has 4 rings (SSSR count). The lowest BCUT2D eigenvalue weighted by molar-refractivity contribution is 0.0930. The first-order valence-electron chi connectivity index (χ1n) is 11.3. The number of carbonyl (C=O) groups excluding carboxylic acids is 1. The van der Waals surface area contributed by atoms with Crippen molar-refractivity contribution in [2.24, 2.45) is 0 Å². The van der Waals surface area contributed by atoms with E-state index in [4.69, 9.17) is 9.47 Å². The number of anilines is 1. The van der Waals surface area contributed by atoms with Crippen LogP contribution >= 0.6 is 0 Å². The number of piperidine rings is 1. The highest BCUT2D eigenvalue weighted by Gasteiger charge is 2.23. The zero-order valence-electron chi connectivity index (χ0n) is 18.9. The number of nitrogens with one attached hydrogen (secondary N) is 2. The molecule has 7 nitrogen and oxygen atoms in total. The van der Waals surface area contributed by atoms with Gasteiger partial charge in [0.1, 0.15) is 5.82 Å². The van der Waals surface area contributed by atoms with Gasteiger partial charge in [-0.25, -0.2) is 4.39 Å². The quantitative estimate of drug-likeness (QED) is 0.529. The predicted octanol–water partition coefficient (Wildman–Crippen LogP) is 4.41. The van der Waals surface area contributed by atoms with Gasteiger partial charge in [0.25, 0.3) is 5.91 Å². The largest absolute Gasteiger partial charge is 0.490 e. The van der Waals surface area contributed by atoms with Crippen LogP contribution in [-0.2, 0) is 0 Å². The summed E-state index contributed by atoms with van der Waals surface area (Å²) in [7, 11) is 0. The fraction of sp³-hybridized carbons (Fsp3) is 0.360. The Bertz CT molecular complexity index is 1080. The third-order valence-corrected chi connectivity index (χ3v) is 5.68. The Balaban J connectivity index is 1.33. The van der Waals surface area contributed by atoms with E-state index < -0.39 is 0 Å². The molecule has 1 aromatic heterocycles. The van der Waals surface area contributed by atoms with Crippen molar-refractivity contribution in [3.63, 3.8) is 0 Å². The molecule has 0 atom stereocenters. The van der Waals surface area contributed by atoms with Gasteiger partial charge in [-0.3, -0.25) is 9.89 Å². The van der Waals surface area contributed by atoms with Gasteiger partial charge in [0.2, 0.25) is 0 Å². The van der Waals surface area contributed by atoms with Crippen molar-refractivity contribution in [1.82, 2.24) is 15.5 Å². The second kappa shape index (κ2) is 10.4. The van der Waals surface area contributed by atoms with E-state index in [9.17, 15) is 9.18 Å². The van der Waals surface area contributed by atoms with E-state index in [-0.39, 0.29) is 17.8 Å². The van der Waals surface area contributed by atoms with Crippen molar-refractivity contribution >= 4 is 11.7 Å². The van der Waals surface area contributed by atoms with Gasteiger partial charge in [-0.05, 0) is 74.7 Å². The first kappa shape index (κ1) is 22.6. The lowest BCUT2D eigenvalue weighted by Crippen LogP contribution is -2.44. The molecule has 1 saturated heterocycles. The summed E-state index contributed by atoms with van der Waals surface area (Å²) in [5.41, 5.74) is 2.29. The van der Waals surface area contributed by atoms with Crippen molar-refractivity contribution in [3.8, 4) is 22.8 Å². The number of ether oxygens (including phenoxy) is 2. The fourth-order valence-electron chi connectivity index (χ4n) is 3.96. The number of nitrogens with zero attached hydrogens (tertiary/aromatic N) is 2. The SMILES string of the molecule is CCOc1ccc(C(=O)NC2CCN(c3cc(-c4ccc(F)cc4)[nH]n3)CC2)cc1OCC. The smallest absolute Gasteiger partial charge is 0.251 e. The minimum absolute atomic E-state index is 0.0892. The predicted molar refractivity (Wildman–Crippen MR) is 125 cm³/mol. The van der Waals surface area contributed by atoms with E-state index in [0.717, 1.165) is 43.0 Å². The van der Waals surface area contributed by atoms with Crippen LogP contribution in [0, 0.1) is 5.82 Å². The van der Waals surface area contributed by atoms with Gasteiger partial charge in [0.15, 0.2) is 17.3 Å². The van der Waals surface area contributed by atoms with Crippen LogP contribution in [0.5, 0.6) is 11.5 Å². The minimum atomic E-state index is -0.262. The Kier molecular flexibility index (Phi) is 7.12. The van der Waals surface area contributed by atoms with Crippen LogP contribution in [0.4, 0.5) is 10.2 Å². The Hall–Kier alpha value is -3.55. The fourth-order valence-corrected chi connectivity index (χ4v) is 3.96. The van der Waals surface area contributed by atoms with Crippen LogP contribution in [-0.4, -0.2) is 48.4 Å². The highest BCUT2D eigenvalue weighted by atomic mass is 19.1. The molecule has 0 radical (unpaired) electrons. The molecule has 1 fully saturated rings. The molecule has 1 aliphatic heterocycles. The number of hydrogen-bond donors (Lipinski definition) is 2. The summed E-state index contributed by atoms with van der Waals surface area (Å²) in [5.74, 6) is 1.70. The average Bonchev–Trinajstić information content (AvgIpc) is 3.32. The van der Waals surface area contributed by atoms with E-state index in [1.54, 1.807) is 30.3 Å². The zero-order valence-corrected chi connectivity index (χ0v) is 18.9. The van der Waals surface area contributed by atoms with E-state index in [2.05, 4.69) is 20.4 Å². The monoisotopic (exact) mass is 452 g/mol. The lowest BCUT2D eigenvalue weighted by Gasteiger charge is -2.32. The number of benzene rings is 2. The second-order valence-corrected chi connectivity index (χ2v) is 7.91. The molecule has 8 heteroatoms. The van der Waals surface area contributed by atoms with Gasteiger partial charge < -0.3 is 19.7 Å². The number of amides is 1. The van der Waals surface area contributed by atoms with Crippen molar-refractivity contribution in [2.45, 2.75) is 32.7 Å². The van der Waals surface area contributed by atoms with Gasteiger partial charge >= 0.3 is 0 Å². The molecule has 0 spiro atoms. The third-order valence-electron chi connectivity index (χ3n) is 5.68. The van der Waals surface area contributed by atoms with Crippen LogP contribution < -0.4 is 19.7 Å². The summed E-state index contributed by atoms with van der Waals surface area (Å²) in [5, 5.41) is 10.6. The summed E-state index contributed by atoms with van der Waals surface area (Å²) >= 11 is 0. The Labute approximate surface area is 192 Å². The first-order chi connectivity index (χ1) is 16.1. The topological polar surface area (TPSA) is 79.5 Å². The van der Waals surface area contributed by atoms with Crippen LogP contribution in [0.2, 0.25) is 0 Å². The molecule has 3 aromatic rings. The molecule has 0 aliphatic carbocycles. The van der Waals surface area contributed by atoms with Gasteiger partial charge in [0.05, 0.1) is 18.9 Å². The van der Waals surface area contributed by atoms with Crippen LogP contribution in [0.15, 0.2) is 48.5 Å². The maximum Gasteiger partial charge on any atom is 0.251 e. The number of hydrogen-bond acceptors (Lipinski definition) is 5. The third kappa shape index (κ3) is 5.45. The van der Waals surface area contributed by atoms with E-state index >= 15 is 0 Å². The zero-order chi connectivity index (χ0) is 23.2. The molecule has 2 heterocycles.